The monoisotopic (exact) mass is 504 g/mol. The Bertz CT molecular complexity index is 779. The van der Waals surface area contributed by atoms with Crippen molar-refractivity contribution in [3.05, 3.63) is 54.9 Å². The first-order valence-corrected chi connectivity index (χ1v) is 8.66. The van der Waals surface area contributed by atoms with Crippen LogP contribution in [0.25, 0.3) is 0 Å². The molecule has 2 aromatic carbocycles. The van der Waals surface area contributed by atoms with Gasteiger partial charge in [-0.1, -0.05) is 12.1 Å². The largest absolute Gasteiger partial charge is 0.504 e. The summed E-state index contributed by atoms with van der Waals surface area (Å²) in [4.78, 5) is 12.1. The van der Waals surface area contributed by atoms with Gasteiger partial charge in [-0.2, -0.15) is 5.10 Å². The van der Waals surface area contributed by atoms with Crippen LogP contribution in [0.15, 0.2) is 48.9 Å². The Labute approximate surface area is 158 Å². The van der Waals surface area contributed by atoms with Gasteiger partial charge in [-0.05, 0) is 66.0 Å². The summed E-state index contributed by atoms with van der Waals surface area (Å²) in [6.07, 6.45) is 1.33. The molecule has 0 unspecified atom stereocenters. The van der Waals surface area contributed by atoms with Gasteiger partial charge in [0.15, 0.2) is 11.5 Å². The number of halogens is 3. The molecule has 5 nitrogen and oxygen atoms in total. The maximum absolute atomic E-state index is 12.1. The highest BCUT2D eigenvalue weighted by atomic mass is 79.9. The third kappa shape index (κ3) is 4.13. The number of aromatic hydroxyl groups is 1. The summed E-state index contributed by atoms with van der Waals surface area (Å²) in [7, 11) is 1.45. The molecule has 0 saturated carbocycles. The Morgan fingerprint density at radius 1 is 1.26 bits per heavy atom. The van der Waals surface area contributed by atoms with Crippen molar-refractivity contribution in [2.75, 3.05) is 7.11 Å². The molecule has 0 aromatic heterocycles. The molecule has 2 aromatic rings. The summed E-state index contributed by atoms with van der Waals surface area (Å²) >= 11 is 9.99. The lowest BCUT2D eigenvalue weighted by Crippen LogP contribution is -2.18. The number of phenols is 1. The van der Waals surface area contributed by atoms with Crippen LogP contribution in [0.1, 0.15) is 15.9 Å². The first-order valence-electron chi connectivity index (χ1n) is 6.28. The zero-order valence-electron chi connectivity index (χ0n) is 11.8. The topological polar surface area (TPSA) is 70.9 Å². The van der Waals surface area contributed by atoms with E-state index < -0.39 is 0 Å². The van der Waals surface area contributed by atoms with Crippen LogP contribution < -0.4 is 10.2 Å². The third-order valence-electron chi connectivity index (χ3n) is 2.89. The van der Waals surface area contributed by atoms with Crippen molar-refractivity contribution in [1.82, 2.24) is 5.43 Å². The lowest BCUT2D eigenvalue weighted by molar-refractivity contribution is 0.0954. The van der Waals surface area contributed by atoms with Gasteiger partial charge in [-0.3, -0.25) is 4.79 Å². The van der Waals surface area contributed by atoms with Crippen LogP contribution in [-0.4, -0.2) is 24.3 Å². The van der Waals surface area contributed by atoms with E-state index in [1.165, 1.54) is 13.3 Å². The normalized spacial score (nSPS) is 10.8. The molecule has 0 radical (unpaired) electrons. The second-order valence-electron chi connectivity index (χ2n) is 4.32. The maximum atomic E-state index is 12.1. The number of benzene rings is 2. The Hall–Kier alpha value is -1.38. The first-order chi connectivity index (χ1) is 11.0. The average Bonchev–Trinajstić information content (AvgIpc) is 2.54. The number of carbonyl (C=O) groups excluding carboxylic acids is 1. The van der Waals surface area contributed by atoms with Crippen LogP contribution in [-0.2, 0) is 0 Å². The van der Waals surface area contributed by atoms with Crippen LogP contribution in [0.2, 0.25) is 0 Å². The highest BCUT2D eigenvalue weighted by Crippen LogP contribution is 2.39. The smallest absolute Gasteiger partial charge is 0.272 e. The molecule has 23 heavy (non-hydrogen) atoms. The van der Waals surface area contributed by atoms with Crippen molar-refractivity contribution in [2.45, 2.75) is 0 Å². The second-order valence-corrected chi connectivity index (χ2v) is 6.82. The molecule has 0 fully saturated rings. The van der Waals surface area contributed by atoms with Gasteiger partial charge < -0.3 is 9.84 Å². The van der Waals surface area contributed by atoms with E-state index in [0.29, 0.717) is 30.3 Å². The number of nitrogens with one attached hydrogen (secondary N) is 1. The van der Waals surface area contributed by atoms with Gasteiger partial charge in [-0.25, -0.2) is 5.43 Å². The fourth-order valence-electron chi connectivity index (χ4n) is 1.75. The molecule has 0 aliphatic carbocycles. The molecule has 2 rings (SSSR count). The summed E-state index contributed by atoms with van der Waals surface area (Å²) in [6.45, 7) is 0. The lowest BCUT2D eigenvalue weighted by atomic mass is 10.2. The Morgan fingerprint density at radius 2 is 1.96 bits per heavy atom. The molecule has 1 amide bonds. The van der Waals surface area contributed by atoms with Gasteiger partial charge in [0.05, 0.1) is 24.5 Å². The number of carbonyl (C=O) groups is 1. The lowest BCUT2D eigenvalue weighted by Gasteiger charge is -2.09. The number of methoxy groups -OCH3 is 1. The van der Waals surface area contributed by atoms with Crippen molar-refractivity contribution in [3.63, 3.8) is 0 Å². The minimum atomic E-state index is -0.369. The second kappa shape index (κ2) is 7.94. The Morgan fingerprint density at radius 3 is 2.61 bits per heavy atom. The Balaban J connectivity index is 2.23. The minimum Gasteiger partial charge on any atom is -0.504 e. The highest BCUT2D eigenvalue weighted by molar-refractivity contribution is 9.13. The standard InChI is InChI=1S/C15H11Br3N2O3/c1-23-12-6-11(17)13(18)9(14(12)21)7-19-20-15(22)8-4-2-3-5-10(8)16/h2-7,21H,1H3,(H,20,22). The number of phenolic OH excluding ortho intramolecular Hbond substituents is 1. The van der Waals surface area contributed by atoms with Gasteiger partial charge in [0.1, 0.15) is 0 Å². The number of hydrogen-bond donors (Lipinski definition) is 2. The summed E-state index contributed by atoms with van der Waals surface area (Å²) in [5.74, 6) is -0.161. The third-order valence-corrected chi connectivity index (χ3v) is 5.59. The highest BCUT2D eigenvalue weighted by Gasteiger charge is 2.14. The molecule has 120 valence electrons. The van der Waals surface area contributed by atoms with Gasteiger partial charge >= 0.3 is 0 Å². The molecular formula is C15H11Br3N2O3. The van der Waals surface area contributed by atoms with Crippen molar-refractivity contribution in [2.24, 2.45) is 5.10 Å². The number of hydrazone groups is 1. The number of nitrogens with zero attached hydrogens (tertiary/aromatic N) is 1. The van der Waals surface area contributed by atoms with E-state index >= 15 is 0 Å². The van der Waals surface area contributed by atoms with E-state index in [2.05, 4.69) is 58.3 Å². The molecule has 0 atom stereocenters. The van der Waals surface area contributed by atoms with E-state index in [-0.39, 0.29) is 11.7 Å². The van der Waals surface area contributed by atoms with Crippen LogP contribution in [0, 0.1) is 0 Å². The maximum Gasteiger partial charge on any atom is 0.272 e. The van der Waals surface area contributed by atoms with E-state index in [1.807, 2.05) is 6.07 Å². The Kier molecular flexibility index (Phi) is 6.20. The number of amides is 1. The van der Waals surface area contributed by atoms with Crippen LogP contribution in [0.4, 0.5) is 0 Å². The van der Waals surface area contributed by atoms with E-state index in [0.717, 1.165) is 0 Å². The predicted octanol–water partition coefficient (Wildman–Crippen LogP) is 4.45. The van der Waals surface area contributed by atoms with Gasteiger partial charge in [0.2, 0.25) is 0 Å². The van der Waals surface area contributed by atoms with Crippen molar-refractivity contribution >= 4 is 59.9 Å². The quantitative estimate of drug-likeness (QED) is 0.475. The van der Waals surface area contributed by atoms with Crippen molar-refractivity contribution < 1.29 is 14.6 Å². The van der Waals surface area contributed by atoms with E-state index in [9.17, 15) is 9.90 Å². The summed E-state index contributed by atoms with van der Waals surface area (Å²) in [5.41, 5.74) is 3.25. The molecular weight excluding hydrogens is 496 g/mol. The van der Waals surface area contributed by atoms with Gasteiger partial charge in [0.25, 0.3) is 5.91 Å². The number of hydrogen-bond acceptors (Lipinski definition) is 4. The fraction of sp³-hybridized carbons (Fsp3) is 0.0667. The van der Waals surface area contributed by atoms with E-state index in [1.54, 1.807) is 24.3 Å². The van der Waals surface area contributed by atoms with Crippen molar-refractivity contribution in [3.8, 4) is 11.5 Å². The first kappa shape index (κ1) is 18.0. The van der Waals surface area contributed by atoms with Crippen molar-refractivity contribution in [1.29, 1.82) is 0 Å². The SMILES string of the molecule is COc1cc(Br)c(Br)c(C=NNC(=O)c2ccccc2Br)c1O. The van der Waals surface area contributed by atoms with Crippen LogP contribution in [0.3, 0.4) is 0 Å². The molecule has 0 aliphatic heterocycles. The summed E-state index contributed by atoms with van der Waals surface area (Å²) in [5, 5.41) is 14.0. The molecule has 0 spiro atoms. The fourth-order valence-corrected chi connectivity index (χ4v) is 3.04. The molecule has 0 aliphatic rings. The van der Waals surface area contributed by atoms with Gasteiger partial charge in [-0.15, -0.1) is 0 Å². The molecule has 0 saturated heterocycles. The molecule has 8 heteroatoms. The molecule has 2 N–H and O–H groups in total. The van der Waals surface area contributed by atoms with Gasteiger partial charge in [0, 0.05) is 13.4 Å². The molecule has 0 heterocycles. The average molecular weight is 507 g/mol. The zero-order valence-corrected chi connectivity index (χ0v) is 16.6. The molecule has 0 bridgehead atoms. The summed E-state index contributed by atoms with van der Waals surface area (Å²) in [6, 6.07) is 8.62. The van der Waals surface area contributed by atoms with E-state index in [4.69, 9.17) is 4.74 Å². The predicted molar refractivity (Wildman–Crippen MR) is 99.3 cm³/mol. The van der Waals surface area contributed by atoms with Crippen LogP contribution >= 0.6 is 47.8 Å². The summed E-state index contributed by atoms with van der Waals surface area (Å²) < 4.78 is 7.02. The minimum absolute atomic E-state index is 0.0820. The number of ether oxygens (including phenoxy) is 1. The number of rotatable bonds is 4. The zero-order chi connectivity index (χ0) is 17.0. The van der Waals surface area contributed by atoms with Crippen LogP contribution in [0.5, 0.6) is 11.5 Å².